The maximum absolute atomic E-state index is 10.3. The van der Waals surface area contributed by atoms with Gasteiger partial charge in [0.15, 0.2) is 5.82 Å². The highest BCUT2D eigenvalue weighted by atomic mass is 79.9. The third-order valence-electron chi connectivity index (χ3n) is 3.59. The fourth-order valence-electron chi connectivity index (χ4n) is 2.40. The number of halogens is 1. The fraction of sp³-hybridized carbons (Fsp3) is 0.235. The predicted octanol–water partition coefficient (Wildman–Crippen LogP) is 3.95. The van der Waals surface area contributed by atoms with E-state index in [0.717, 1.165) is 10.0 Å². The molecule has 3 rings (SSSR count). The number of aromatic nitrogens is 1. The van der Waals surface area contributed by atoms with Gasteiger partial charge in [0.25, 0.3) is 0 Å². The molecule has 1 aliphatic rings. The van der Waals surface area contributed by atoms with E-state index in [1.165, 1.54) is 5.06 Å². The maximum atomic E-state index is 10.3. The van der Waals surface area contributed by atoms with Crippen molar-refractivity contribution in [3.8, 4) is 0 Å². The van der Waals surface area contributed by atoms with E-state index in [2.05, 4.69) is 20.9 Å². The second-order valence-electron chi connectivity index (χ2n) is 5.20. The molecule has 0 unspecified atom stereocenters. The van der Waals surface area contributed by atoms with Gasteiger partial charge in [-0.3, -0.25) is 5.21 Å². The smallest absolute Gasteiger partial charge is 0.152 e. The summed E-state index contributed by atoms with van der Waals surface area (Å²) in [4.78, 5) is 4.20. The summed E-state index contributed by atoms with van der Waals surface area (Å²) in [5.74, 6) is 0.529. The number of rotatable bonds is 5. The number of nitrogens with zero attached hydrogens (tertiary/aromatic N) is 2. The van der Waals surface area contributed by atoms with Crippen LogP contribution < -0.4 is 5.06 Å². The van der Waals surface area contributed by atoms with Gasteiger partial charge in [-0.15, -0.1) is 0 Å². The summed E-state index contributed by atoms with van der Waals surface area (Å²) >= 11 is 3.33. The number of hydrogen-bond acceptors (Lipinski definition) is 4. The van der Waals surface area contributed by atoms with E-state index in [1.54, 1.807) is 12.3 Å². The second kappa shape index (κ2) is 7.05. The highest BCUT2D eigenvalue weighted by Gasteiger charge is 2.25. The van der Waals surface area contributed by atoms with Crippen LogP contribution in [-0.4, -0.2) is 22.3 Å². The summed E-state index contributed by atoms with van der Waals surface area (Å²) in [6.07, 6.45) is 6.34. The summed E-state index contributed by atoms with van der Waals surface area (Å²) in [5, 5.41) is 11.5. The first-order chi connectivity index (χ1) is 10.7. The van der Waals surface area contributed by atoms with Gasteiger partial charge in [-0.05, 0) is 33.6 Å². The Bertz CT molecular complexity index is 631. The number of hydrogen-bond donors (Lipinski definition) is 1. The van der Waals surface area contributed by atoms with Crippen molar-refractivity contribution in [1.82, 2.24) is 4.98 Å². The minimum atomic E-state index is -0.116. The topological polar surface area (TPSA) is 45.6 Å². The average molecular weight is 361 g/mol. The van der Waals surface area contributed by atoms with Crippen molar-refractivity contribution in [2.24, 2.45) is 0 Å². The predicted molar refractivity (Wildman–Crippen MR) is 88.8 cm³/mol. The molecule has 0 bridgehead atoms. The van der Waals surface area contributed by atoms with E-state index in [1.807, 2.05) is 48.6 Å². The quantitative estimate of drug-likeness (QED) is 0.647. The monoisotopic (exact) mass is 360 g/mol. The number of benzene rings is 1. The van der Waals surface area contributed by atoms with Crippen molar-refractivity contribution < 1.29 is 9.94 Å². The highest BCUT2D eigenvalue weighted by Crippen LogP contribution is 2.24. The van der Waals surface area contributed by atoms with Gasteiger partial charge in [-0.2, -0.15) is 0 Å². The van der Waals surface area contributed by atoms with Gasteiger partial charge in [0, 0.05) is 17.1 Å². The molecule has 1 aliphatic carbocycles. The molecule has 1 N–H and O–H groups in total. The zero-order valence-electron chi connectivity index (χ0n) is 12.0. The summed E-state index contributed by atoms with van der Waals surface area (Å²) in [6, 6.07) is 13.6. The van der Waals surface area contributed by atoms with E-state index < -0.39 is 0 Å². The lowest BCUT2D eigenvalue weighted by Crippen LogP contribution is -2.31. The SMILES string of the molecule is ON(c1ccc(Br)cn1)[C@H]1C=C[C@H](OCc2ccccc2)C1. The van der Waals surface area contributed by atoms with Gasteiger partial charge >= 0.3 is 0 Å². The number of hydroxylamine groups is 1. The van der Waals surface area contributed by atoms with Gasteiger partial charge in [0.05, 0.1) is 18.8 Å². The van der Waals surface area contributed by atoms with Gasteiger partial charge < -0.3 is 4.74 Å². The number of anilines is 1. The van der Waals surface area contributed by atoms with Crippen LogP contribution in [0.1, 0.15) is 12.0 Å². The summed E-state index contributed by atoms with van der Waals surface area (Å²) < 4.78 is 6.76. The largest absolute Gasteiger partial charge is 0.369 e. The lowest BCUT2D eigenvalue weighted by atomic mass is 10.2. The van der Waals surface area contributed by atoms with E-state index >= 15 is 0 Å². The van der Waals surface area contributed by atoms with E-state index in [0.29, 0.717) is 18.8 Å². The van der Waals surface area contributed by atoms with Crippen LogP contribution in [0, 0.1) is 0 Å². The molecule has 2 aromatic rings. The zero-order chi connectivity index (χ0) is 15.4. The maximum Gasteiger partial charge on any atom is 0.152 e. The summed E-state index contributed by atoms with van der Waals surface area (Å²) in [5.41, 5.74) is 1.15. The van der Waals surface area contributed by atoms with Crippen LogP contribution >= 0.6 is 15.9 Å². The molecule has 5 heteroatoms. The molecule has 1 heterocycles. The number of ether oxygens (including phenoxy) is 1. The molecule has 4 nitrogen and oxygen atoms in total. The first-order valence-corrected chi connectivity index (χ1v) is 7.95. The minimum absolute atomic E-state index is 0.00954. The van der Waals surface area contributed by atoms with E-state index in [9.17, 15) is 5.21 Å². The Balaban J connectivity index is 1.54. The number of pyridine rings is 1. The molecule has 0 aliphatic heterocycles. The van der Waals surface area contributed by atoms with Crippen molar-refractivity contribution in [2.45, 2.75) is 25.2 Å². The highest BCUT2D eigenvalue weighted by molar-refractivity contribution is 9.10. The van der Waals surface area contributed by atoms with Gasteiger partial charge in [0.2, 0.25) is 0 Å². The Hall–Kier alpha value is -1.69. The van der Waals surface area contributed by atoms with Gasteiger partial charge in [0.1, 0.15) is 0 Å². The summed E-state index contributed by atoms with van der Waals surface area (Å²) in [7, 11) is 0. The van der Waals surface area contributed by atoms with Gasteiger partial charge in [-0.25, -0.2) is 10.0 Å². The molecular formula is C17H17BrN2O2. The standard InChI is InChI=1S/C17H17BrN2O2/c18-14-6-9-17(19-11-14)20(21)15-7-8-16(10-15)22-12-13-4-2-1-3-5-13/h1-9,11,15-16,21H,10,12H2/t15-,16-/m0/s1. The Labute approximate surface area is 138 Å². The minimum Gasteiger partial charge on any atom is -0.369 e. The van der Waals surface area contributed by atoms with Crippen LogP contribution in [0.25, 0.3) is 0 Å². The lowest BCUT2D eigenvalue weighted by molar-refractivity contribution is 0.0648. The first-order valence-electron chi connectivity index (χ1n) is 7.16. The van der Waals surface area contributed by atoms with Crippen molar-refractivity contribution >= 4 is 21.7 Å². The van der Waals surface area contributed by atoms with Crippen LogP contribution in [0.15, 0.2) is 65.3 Å². The molecule has 1 aromatic carbocycles. The molecule has 0 radical (unpaired) electrons. The third-order valence-corrected chi connectivity index (χ3v) is 4.06. The Kier molecular flexibility index (Phi) is 4.87. The molecule has 0 fully saturated rings. The van der Waals surface area contributed by atoms with Crippen LogP contribution in [0.4, 0.5) is 5.82 Å². The molecule has 1 aromatic heterocycles. The summed E-state index contributed by atoms with van der Waals surface area (Å²) in [6.45, 7) is 0.574. The zero-order valence-corrected chi connectivity index (χ0v) is 13.6. The van der Waals surface area contributed by atoms with Crippen LogP contribution in [-0.2, 0) is 11.3 Å². The van der Waals surface area contributed by atoms with Crippen LogP contribution in [0.3, 0.4) is 0 Å². The Morgan fingerprint density at radius 2 is 2.00 bits per heavy atom. The van der Waals surface area contributed by atoms with Gasteiger partial charge in [-0.1, -0.05) is 42.5 Å². The Morgan fingerprint density at radius 1 is 1.18 bits per heavy atom. The fourth-order valence-corrected chi connectivity index (χ4v) is 2.64. The molecule has 0 spiro atoms. The molecule has 2 atom stereocenters. The van der Waals surface area contributed by atoms with E-state index in [-0.39, 0.29) is 12.1 Å². The van der Waals surface area contributed by atoms with Crippen LogP contribution in [0.2, 0.25) is 0 Å². The molecule has 0 amide bonds. The normalized spacial score (nSPS) is 20.3. The van der Waals surface area contributed by atoms with Crippen LogP contribution in [0.5, 0.6) is 0 Å². The molecule has 22 heavy (non-hydrogen) atoms. The molecule has 0 saturated heterocycles. The molecule has 114 valence electrons. The van der Waals surface area contributed by atoms with E-state index in [4.69, 9.17) is 4.74 Å². The molecular weight excluding hydrogens is 344 g/mol. The lowest BCUT2D eigenvalue weighted by Gasteiger charge is -2.22. The van der Waals surface area contributed by atoms with Crippen molar-refractivity contribution in [1.29, 1.82) is 0 Å². The van der Waals surface area contributed by atoms with Crippen molar-refractivity contribution in [3.63, 3.8) is 0 Å². The third kappa shape index (κ3) is 3.74. The average Bonchev–Trinajstić information content (AvgIpc) is 3.03. The van der Waals surface area contributed by atoms with Crippen molar-refractivity contribution in [3.05, 3.63) is 70.8 Å². The second-order valence-corrected chi connectivity index (χ2v) is 6.12. The Morgan fingerprint density at radius 3 is 2.73 bits per heavy atom. The van der Waals surface area contributed by atoms with Crippen molar-refractivity contribution in [2.75, 3.05) is 5.06 Å². The molecule has 0 saturated carbocycles. The first kappa shape index (κ1) is 15.2.